The molecule has 9 heteroatoms. The number of carbonyl (C=O) groups is 1. The lowest BCUT2D eigenvalue weighted by atomic mass is 10.1. The van der Waals surface area contributed by atoms with E-state index in [-0.39, 0.29) is 6.04 Å². The highest BCUT2D eigenvalue weighted by atomic mass is 19.4. The number of benzene rings is 2. The van der Waals surface area contributed by atoms with Gasteiger partial charge in [-0.25, -0.2) is 14.8 Å². The van der Waals surface area contributed by atoms with E-state index in [1.165, 1.54) is 18.5 Å². The first kappa shape index (κ1) is 23.5. The molecule has 1 aliphatic rings. The van der Waals surface area contributed by atoms with Crippen LogP contribution in [0.4, 0.5) is 29.5 Å². The summed E-state index contributed by atoms with van der Waals surface area (Å²) in [6.45, 7) is 5.47. The number of anilines is 2. The zero-order valence-electron chi connectivity index (χ0n) is 19.0. The first-order valence-electron chi connectivity index (χ1n) is 10.8. The van der Waals surface area contributed by atoms with E-state index >= 15 is 0 Å². The number of hydrogen-bond donors (Lipinski definition) is 2. The van der Waals surface area contributed by atoms with E-state index < -0.39 is 23.4 Å². The summed E-state index contributed by atoms with van der Waals surface area (Å²) in [5.74, 6) is 0.520. The number of hydrogen-bond acceptors (Lipinski definition) is 5. The molecule has 1 atom stereocenters. The average molecular weight is 470 g/mol. The Morgan fingerprint density at radius 2 is 1.68 bits per heavy atom. The van der Waals surface area contributed by atoms with Crippen molar-refractivity contribution in [3.05, 3.63) is 71.5 Å². The zero-order valence-corrected chi connectivity index (χ0v) is 19.0. The van der Waals surface area contributed by atoms with Crippen LogP contribution >= 0.6 is 0 Å². The summed E-state index contributed by atoms with van der Waals surface area (Å²) in [6.07, 6.45) is -2.04. The number of alkyl carbamates (subject to hydrolysis) is 1. The number of halogens is 3. The first-order valence-corrected chi connectivity index (χ1v) is 10.8. The lowest BCUT2D eigenvalue weighted by Gasteiger charge is -2.21. The van der Waals surface area contributed by atoms with Crippen LogP contribution < -0.4 is 10.6 Å². The number of ether oxygens (including phenoxy) is 1. The molecule has 0 spiro atoms. The standard InChI is InChI=1S/C25H25F3N4O2/c1-24(2,3)34-23(33)32-20-10-16-6-9-19(11-17(16)12-20)31-22-13-21(29-14-30-22)15-4-7-18(8-5-15)25(26,27)28/h4-9,11,13-14,20H,10,12H2,1-3H3,(H,32,33)(H,29,30,31). The quantitative estimate of drug-likeness (QED) is 0.497. The summed E-state index contributed by atoms with van der Waals surface area (Å²) < 4.78 is 43.8. The molecule has 0 radical (unpaired) electrons. The van der Waals surface area contributed by atoms with E-state index in [1.807, 2.05) is 39.0 Å². The summed E-state index contributed by atoms with van der Waals surface area (Å²) in [5.41, 5.74) is 2.89. The minimum Gasteiger partial charge on any atom is -0.444 e. The molecule has 2 N–H and O–H groups in total. The van der Waals surface area contributed by atoms with Gasteiger partial charge < -0.3 is 15.4 Å². The highest BCUT2D eigenvalue weighted by Gasteiger charge is 2.30. The molecular weight excluding hydrogens is 445 g/mol. The molecule has 34 heavy (non-hydrogen) atoms. The fourth-order valence-corrected chi connectivity index (χ4v) is 3.83. The maximum absolute atomic E-state index is 12.8. The predicted molar refractivity (Wildman–Crippen MR) is 123 cm³/mol. The molecule has 1 heterocycles. The maximum atomic E-state index is 12.8. The first-order chi connectivity index (χ1) is 16.0. The third-order valence-corrected chi connectivity index (χ3v) is 5.31. The van der Waals surface area contributed by atoms with Gasteiger partial charge in [-0.1, -0.05) is 18.2 Å². The summed E-state index contributed by atoms with van der Waals surface area (Å²) >= 11 is 0. The van der Waals surface area contributed by atoms with E-state index in [2.05, 4.69) is 20.6 Å². The fourth-order valence-electron chi connectivity index (χ4n) is 3.83. The Labute approximate surface area is 195 Å². The summed E-state index contributed by atoms with van der Waals surface area (Å²) in [4.78, 5) is 20.5. The van der Waals surface area contributed by atoms with Crippen molar-refractivity contribution in [3.8, 4) is 11.3 Å². The van der Waals surface area contributed by atoms with Gasteiger partial charge in [0.05, 0.1) is 11.3 Å². The largest absolute Gasteiger partial charge is 0.444 e. The van der Waals surface area contributed by atoms with Gasteiger partial charge >= 0.3 is 12.3 Å². The molecule has 1 unspecified atom stereocenters. The third kappa shape index (κ3) is 5.84. The molecule has 0 bridgehead atoms. The second kappa shape index (κ2) is 8.96. The molecule has 0 fully saturated rings. The lowest BCUT2D eigenvalue weighted by molar-refractivity contribution is -0.137. The van der Waals surface area contributed by atoms with Crippen LogP contribution in [0, 0.1) is 0 Å². The van der Waals surface area contributed by atoms with Gasteiger partial charge in [-0.2, -0.15) is 13.2 Å². The van der Waals surface area contributed by atoms with Gasteiger partial charge in [-0.3, -0.25) is 0 Å². The van der Waals surface area contributed by atoms with Gasteiger partial charge in [-0.05, 0) is 69.0 Å². The maximum Gasteiger partial charge on any atom is 0.416 e. The summed E-state index contributed by atoms with van der Waals surface area (Å²) in [5, 5.41) is 6.14. The monoisotopic (exact) mass is 470 g/mol. The van der Waals surface area contributed by atoms with Gasteiger partial charge in [0.1, 0.15) is 17.7 Å². The Morgan fingerprint density at radius 1 is 0.971 bits per heavy atom. The number of nitrogens with one attached hydrogen (secondary N) is 2. The van der Waals surface area contributed by atoms with E-state index in [0.717, 1.165) is 35.4 Å². The Kier molecular flexibility index (Phi) is 6.20. The SMILES string of the molecule is CC(C)(C)OC(=O)NC1Cc2ccc(Nc3cc(-c4ccc(C(F)(F)F)cc4)ncn3)cc2C1. The van der Waals surface area contributed by atoms with Crippen molar-refractivity contribution >= 4 is 17.6 Å². The van der Waals surface area contributed by atoms with Crippen LogP contribution in [0.15, 0.2) is 54.9 Å². The Morgan fingerprint density at radius 3 is 2.35 bits per heavy atom. The van der Waals surface area contributed by atoms with Crippen molar-refractivity contribution < 1.29 is 22.7 Å². The summed E-state index contributed by atoms with van der Waals surface area (Å²) in [6, 6.07) is 12.4. The van der Waals surface area contributed by atoms with E-state index in [0.29, 0.717) is 23.5 Å². The number of nitrogens with zero attached hydrogens (tertiary/aromatic N) is 2. The van der Waals surface area contributed by atoms with Crippen LogP contribution in [0.3, 0.4) is 0 Å². The number of carbonyl (C=O) groups excluding carboxylic acids is 1. The number of fused-ring (bicyclic) bond motifs is 1. The average Bonchev–Trinajstić information content (AvgIpc) is 3.13. The second-order valence-corrected chi connectivity index (χ2v) is 9.22. The van der Waals surface area contributed by atoms with Crippen LogP contribution in [0.2, 0.25) is 0 Å². The fraction of sp³-hybridized carbons (Fsp3) is 0.320. The van der Waals surface area contributed by atoms with Crippen LogP contribution in [0.5, 0.6) is 0 Å². The minimum absolute atomic E-state index is 0.0366. The molecule has 3 aromatic rings. The molecule has 178 valence electrons. The van der Waals surface area contributed by atoms with Crippen molar-refractivity contribution in [2.24, 2.45) is 0 Å². The Balaban J connectivity index is 1.43. The topological polar surface area (TPSA) is 76.1 Å². The molecular formula is C25H25F3N4O2. The second-order valence-electron chi connectivity index (χ2n) is 9.22. The number of aromatic nitrogens is 2. The third-order valence-electron chi connectivity index (χ3n) is 5.31. The van der Waals surface area contributed by atoms with Crippen molar-refractivity contribution in [3.63, 3.8) is 0 Å². The highest BCUT2D eigenvalue weighted by molar-refractivity contribution is 5.69. The van der Waals surface area contributed by atoms with Gasteiger partial charge in [-0.15, -0.1) is 0 Å². The zero-order chi connectivity index (χ0) is 24.5. The lowest BCUT2D eigenvalue weighted by Crippen LogP contribution is -2.39. The van der Waals surface area contributed by atoms with E-state index in [1.54, 1.807) is 6.07 Å². The molecule has 1 aliphatic carbocycles. The van der Waals surface area contributed by atoms with Crippen molar-refractivity contribution in [2.45, 2.75) is 51.4 Å². The van der Waals surface area contributed by atoms with Crippen LogP contribution in [0.1, 0.15) is 37.5 Å². The molecule has 0 saturated heterocycles. The van der Waals surface area contributed by atoms with Crippen LogP contribution in [-0.2, 0) is 23.8 Å². The van der Waals surface area contributed by atoms with Crippen molar-refractivity contribution in [2.75, 3.05) is 5.32 Å². The van der Waals surface area contributed by atoms with Crippen LogP contribution in [0.25, 0.3) is 11.3 Å². The molecule has 4 rings (SSSR count). The molecule has 0 aliphatic heterocycles. The van der Waals surface area contributed by atoms with Crippen molar-refractivity contribution in [1.29, 1.82) is 0 Å². The Hall–Kier alpha value is -3.62. The number of amides is 1. The molecule has 6 nitrogen and oxygen atoms in total. The molecule has 0 saturated carbocycles. The Bertz CT molecular complexity index is 1190. The van der Waals surface area contributed by atoms with E-state index in [9.17, 15) is 18.0 Å². The predicted octanol–water partition coefficient (Wildman–Crippen LogP) is 5.90. The van der Waals surface area contributed by atoms with Gasteiger partial charge in [0.25, 0.3) is 0 Å². The molecule has 1 aromatic heterocycles. The molecule has 2 aromatic carbocycles. The van der Waals surface area contributed by atoms with Gasteiger partial charge in [0.15, 0.2) is 0 Å². The van der Waals surface area contributed by atoms with Crippen LogP contribution in [-0.4, -0.2) is 27.7 Å². The smallest absolute Gasteiger partial charge is 0.416 e. The van der Waals surface area contributed by atoms with Crippen molar-refractivity contribution in [1.82, 2.24) is 15.3 Å². The number of rotatable bonds is 4. The molecule has 1 amide bonds. The number of alkyl halides is 3. The summed E-state index contributed by atoms with van der Waals surface area (Å²) in [7, 11) is 0. The highest BCUT2D eigenvalue weighted by Crippen LogP contribution is 2.31. The van der Waals surface area contributed by atoms with Gasteiger partial charge in [0.2, 0.25) is 0 Å². The minimum atomic E-state index is -4.38. The normalized spacial score (nSPS) is 15.5. The van der Waals surface area contributed by atoms with Gasteiger partial charge in [0, 0.05) is 23.4 Å². The van der Waals surface area contributed by atoms with E-state index in [4.69, 9.17) is 4.74 Å².